The number of fused-ring (bicyclic) bond motifs is 1. The summed E-state index contributed by atoms with van der Waals surface area (Å²) in [5.74, 6) is 0.971. The first kappa shape index (κ1) is 17.2. The molecule has 0 bridgehead atoms. The van der Waals surface area contributed by atoms with Gasteiger partial charge < -0.3 is 18.9 Å². The van der Waals surface area contributed by atoms with Gasteiger partial charge in [0.25, 0.3) is 0 Å². The van der Waals surface area contributed by atoms with Crippen molar-refractivity contribution in [3.05, 3.63) is 34.3 Å². The van der Waals surface area contributed by atoms with Crippen molar-refractivity contribution in [2.45, 2.75) is 13.8 Å². The minimum Gasteiger partial charge on any atom is -0.465 e. The fraction of sp³-hybridized carbons (Fsp3) is 0.375. The van der Waals surface area contributed by atoms with Crippen LogP contribution in [0.2, 0.25) is 10.0 Å². The molecule has 0 heterocycles. The molecule has 4 nitrogen and oxygen atoms in total. The zero-order valence-corrected chi connectivity index (χ0v) is 14.0. The number of hydrogen-bond acceptors (Lipinski definition) is 4. The van der Waals surface area contributed by atoms with E-state index in [4.69, 9.17) is 42.1 Å². The van der Waals surface area contributed by atoms with Crippen molar-refractivity contribution in [1.29, 1.82) is 0 Å². The molecule has 0 amide bonds. The Morgan fingerprint density at radius 2 is 1.18 bits per heavy atom. The standard InChI is InChI=1S/C16H18Cl2O4/c1-3-19-9-21-15-11-7-5-6-8-12(11)16(14(18)13(15)17)22-10-20-4-2/h5-8H,3-4,9-10H2,1-2H3. The van der Waals surface area contributed by atoms with Crippen molar-refractivity contribution >= 4 is 34.0 Å². The molecule has 2 rings (SSSR count). The lowest BCUT2D eigenvalue weighted by molar-refractivity contribution is 0.0215. The summed E-state index contributed by atoms with van der Waals surface area (Å²) in [5.41, 5.74) is 0. The fourth-order valence-corrected chi connectivity index (χ4v) is 2.45. The van der Waals surface area contributed by atoms with Crippen LogP contribution in [0.15, 0.2) is 24.3 Å². The predicted octanol–water partition coefficient (Wildman–Crippen LogP) is 4.89. The van der Waals surface area contributed by atoms with E-state index in [1.807, 2.05) is 38.1 Å². The predicted molar refractivity (Wildman–Crippen MR) is 88.2 cm³/mol. The summed E-state index contributed by atoms with van der Waals surface area (Å²) in [6.45, 7) is 5.10. The highest BCUT2D eigenvalue weighted by Gasteiger charge is 2.19. The quantitative estimate of drug-likeness (QED) is 0.504. The van der Waals surface area contributed by atoms with E-state index in [1.54, 1.807) is 0 Å². The molecule has 0 unspecified atom stereocenters. The Hall–Kier alpha value is -1.20. The van der Waals surface area contributed by atoms with Gasteiger partial charge in [-0.2, -0.15) is 0 Å². The lowest BCUT2D eigenvalue weighted by Crippen LogP contribution is -2.06. The third-order valence-electron chi connectivity index (χ3n) is 2.99. The van der Waals surface area contributed by atoms with Gasteiger partial charge in [-0.15, -0.1) is 0 Å². The lowest BCUT2D eigenvalue weighted by atomic mass is 10.1. The van der Waals surface area contributed by atoms with Crippen LogP contribution in [-0.4, -0.2) is 26.8 Å². The molecular formula is C16H18Cl2O4. The van der Waals surface area contributed by atoms with Gasteiger partial charge in [-0.05, 0) is 13.8 Å². The molecule has 0 saturated carbocycles. The number of benzene rings is 2. The van der Waals surface area contributed by atoms with Gasteiger partial charge in [0.1, 0.15) is 10.0 Å². The summed E-state index contributed by atoms with van der Waals surface area (Å²) in [5, 5.41) is 2.21. The Morgan fingerprint density at radius 1 is 0.773 bits per heavy atom. The molecule has 0 N–H and O–H groups in total. The van der Waals surface area contributed by atoms with Crippen LogP contribution in [0.3, 0.4) is 0 Å². The summed E-state index contributed by atoms with van der Waals surface area (Å²) < 4.78 is 21.7. The van der Waals surface area contributed by atoms with Crippen LogP contribution in [0.5, 0.6) is 11.5 Å². The molecule has 120 valence electrons. The van der Waals surface area contributed by atoms with Gasteiger partial charge >= 0.3 is 0 Å². The van der Waals surface area contributed by atoms with Crippen molar-refractivity contribution in [1.82, 2.24) is 0 Å². The Balaban J connectivity index is 2.44. The maximum absolute atomic E-state index is 6.34. The largest absolute Gasteiger partial charge is 0.465 e. The molecule has 0 spiro atoms. The Morgan fingerprint density at radius 3 is 1.55 bits per heavy atom. The van der Waals surface area contributed by atoms with Crippen LogP contribution in [0, 0.1) is 0 Å². The summed E-state index contributed by atoms with van der Waals surface area (Å²) >= 11 is 12.7. The van der Waals surface area contributed by atoms with E-state index in [0.29, 0.717) is 34.8 Å². The van der Waals surface area contributed by atoms with E-state index < -0.39 is 0 Å². The maximum atomic E-state index is 6.34. The third-order valence-corrected chi connectivity index (χ3v) is 3.81. The first-order valence-electron chi connectivity index (χ1n) is 7.01. The van der Waals surface area contributed by atoms with Crippen LogP contribution in [0.1, 0.15) is 13.8 Å². The summed E-state index contributed by atoms with van der Waals surface area (Å²) in [6.07, 6.45) is 0. The van der Waals surface area contributed by atoms with Crippen LogP contribution >= 0.6 is 23.2 Å². The normalized spacial score (nSPS) is 10.9. The Kier molecular flexibility index (Phi) is 6.58. The van der Waals surface area contributed by atoms with E-state index in [-0.39, 0.29) is 13.6 Å². The molecule has 0 saturated heterocycles. The SMILES string of the molecule is CCOCOc1c(Cl)c(Cl)c(OCOCC)c2ccccc12. The first-order chi connectivity index (χ1) is 10.7. The minimum atomic E-state index is 0.107. The van der Waals surface area contributed by atoms with Crippen molar-refractivity contribution in [3.63, 3.8) is 0 Å². The van der Waals surface area contributed by atoms with Crippen LogP contribution in [0.4, 0.5) is 0 Å². The molecule has 0 aliphatic carbocycles. The van der Waals surface area contributed by atoms with Crippen LogP contribution in [-0.2, 0) is 9.47 Å². The highest BCUT2D eigenvalue weighted by molar-refractivity contribution is 6.45. The summed E-state index contributed by atoms with van der Waals surface area (Å²) in [6, 6.07) is 7.58. The number of halogens is 2. The zero-order chi connectivity index (χ0) is 15.9. The van der Waals surface area contributed by atoms with E-state index in [2.05, 4.69) is 0 Å². The van der Waals surface area contributed by atoms with Gasteiger partial charge in [0.05, 0.1) is 0 Å². The molecule has 0 aliphatic rings. The Labute approximate surface area is 139 Å². The smallest absolute Gasteiger partial charge is 0.189 e. The number of rotatable bonds is 8. The summed E-state index contributed by atoms with van der Waals surface area (Å²) in [7, 11) is 0. The van der Waals surface area contributed by atoms with E-state index >= 15 is 0 Å². The van der Waals surface area contributed by atoms with Gasteiger partial charge in [-0.3, -0.25) is 0 Å². The summed E-state index contributed by atoms with van der Waals surface area (Å²) in [4.78, 5) is 0. The molecule has 0 fully saturated rings. The van der Waals surface area contributed by atoms with E-state index in [0.717, 1.165) is 10.8 Å². The number of hydrogen-bond donors (Lipinski definition) is 0. The van der Waals surface area contributed by atoms with Gasteiger partial charge in [-0.1, -0.05) is 47.5 Å². The molecule has 0 aromatic heterocycles. The minimum absolute atomic E-state index is 0.107. The second-order valence-corrected chi connectivity index (χ2v) is 5.10. The van der Waals surface area contributed by atoms with Crippen molar-refractivity contribution < 1.29 is 18.9 Å². The first-order valence-corrected chi connectivity index (χ1v) is 7.77. The topological polar surface area (TPSA) is 36.9 Å². The number of ether oxygens (including phenoxy) is 4. The molecular weight excluding hydrogens is 327 g/mol. The second-order valence-electron chi connectivity index (χ2n) is 4.34. The molecule has 0 radical (unpaired) electrons. The van der Waals surface area contributed by atoms with Gasteiger partial charge in [0.2, 0.25) is 0 Å². The van der Waals surface area contributed by atoms with Crippen molar-refractivity contribution in [2.24, 2.45) is 0 Å². The van der Waals surface area contributed by atoms with Gasteiger partial charge in [-0.25, -0.2) is 0 Å². The van der Waals surface area contributed by atoms with Gasteiger partial charge in [0, 0.05) is 24.0 Å². The second kappa shape index (κ2) is 8.44. The molecule has 22 heavy (non-hydrogen) atoms. The third kappa shape index (κ3) is 3.76. The maximum Gasteiger partial charge on any atom is 0.189 e. The van der Waals surface area contributed by atoms with Crippen LogP contribution < -0.4 is 9.47 Å². The Bertz CT molecular complexity index is 577. The average Bonchev–Trinajstić information content (AvgIpc) is 2.54. The molecule has 0 aliphatic heterocycles. The monoisotopic (exact) mass is 344 g/mol. The molecule has 2 aromatic carbocycles. The van der Waals surface area contributed by atoms with E-state index in [9.17, 15) is 0 Å². The van der Waals surface area contributed by atoms with E-state index in [1.165, 1.54) is 0 Å². The highest BCUT2D eigenvalue weighted by atomic mass is 35.5. The van der Waals surface area contributed by atoms with Crippen LogP contribution in [0.25, 0.3) is 10.8 Å². The van der Waals surface area contributed by atoms with Gasteiger partial charge in [0.15, 0.2) is 25.1 Å². The average molecular weight is 345 g/mol. The lowest BCUT2D eigenvalue weighted by Gasteiger charge is -2.17. The molecule has 0 atom stereocenters. The molecule has 2 aromatic rings. The van der Waals surface area contributed by atoms with Crippen molar-refractivity contribution in [3.8, 4) is 11.5 Å². The molecule has 6 heteroatoms. The fourth-order valence-electron chi connectivity index (χ4n) is 1.97. The zero-order valence-electron chi connectivity index (χ0n) is 12.5. The van der Waals surface area contributed by atoms with Crippen molar-refractivity contribution in [2.75, 3.05) is 26.8 Å². The highest BCUT2D eigenvalue weighted by Crippen LogP contribution is 2.46.